The molecule has 92 valence electrons. The summed E-state index contributed by atoms with van der Waals surface area (Å²) in [5.74, 6) is 0. The molecule has 0 radical (unpaired) electrons. The molecule has 1 aromatic carbocycles. The maximum atomic E-state index is 4.24. The zero-order valence-electron chi connectivity index (χ0n) is 10.5. The number of halogens is 1. The third-order valence-electron chi connectivity index (χ3n) is 2.77. The summed E-state index contributed by atoms with van der Waals surface area (Å²) in [6.45, 7) is 4.28. The molecule has 2 aromatic rings. The van der Waals surface area contributed by atoms with Crippen LogP contribution in [0.25, 0.3) is 11.3 Å². The summed E-state index contributed by atoms with van der Waals surface area (Å²) >= 11 is 1.68. The summed E-state index contributed by atoms with van der Waals surface area (Å²) < 4.78 is 2.14. The zero-order valence-corrected chi connectivity index (χ0v) is 13.0. The second-order valence-corrected chi connectivity index (χ2v) is 4.84. The molecule has 17 heavy (non-hydrogen) atoms. The van der Waals surface area contributed by atoms with Crippen molar-refractivity contribution >= 4 is 28.3 Å². The van der Waals surface area contributed by atoms with Crippen LogP contribution in [0.1, 0.15) is 11.1 Å². The molecular formula is C13H17BrN2S. The molecule has 2 nitrogen and oxygen atoms in total. The first-order chi connectivity index (χ1) is 7.63. The Morgan fingerprint density at radius 2 is 1.94 bits per heavy atom. The largest absolute Gasteiger partial charge is 0.320 e. The van der Waals surface area contributed by atoms with Crippen LogP contribution in [0.2, 0.25) is 0 Å². The summed E-state index contributed by atoms with van der Waals surface area (Å²) in [4.78, 5) is 5.30. The molecule has 1 aromatic heterocycles. The minimum atomic E-state index is 0. The highest BCUT2D eigenvalue weighted by atomic mass is 79.9. The number of rotatable bonds is 1. The van der Waals surface area contributed by atoms with Crippen LogP contribution in [0.15, 0.2) is 28.6 Å². The van der Waals surface area contributed by atoms with E-state index in [4.69, 9.17) is 0 Å². The summed E-state index contributed by atoms with van der Waals surface area (Å²) in [7, 11) is 3.89. The van der Waals surface area contributed by atoms with Crippen LogP contribution in [0.3, 0.4) is 0 Å². The number of benzene rings is 1. The lowest BCUT2D eigenvalue weighted by Gasteiger charge is -2.07. The second kappa shape index (κ2) is 5.65. The van der Waals surface area contributed by atoms with Gasteiger partial charge in [-0.1, -0.05) is 23.8 Å². The summed E-state index contributed by atoms with van der Waals surface area (Å²) in [6.07, 6.45) is 0. The van der Waals surface area contributed by atoms with Crippen LogP contribution in [0.5, 0.6) is 0 Å². The number of aromatic nitrogens is 1. The van der Waals surface area contributed by atoms with E-state index in [1.54, 1.807) is 11.3 Å². The van der Waals surface area contributed by atoms with Crippen molar-refractivity contribution in [1.82, 2.24) is 4.57 Å². The van der Waals surface area contributed by atoms with Gasteiger partial charge in [-0.05, 0) is 19.4 Å². The third kappa shape index (κ3) is 2.69. The van der Waals surface area contributed by atoms with Crippen LogP contribution in [-0.2, 0) is 7.05 Å². The van der Waals surface area contributed by atoms with Gasteiger partial charge in [0.25, 0.3) is 0 Å². The van der Waals surface area contributed by atoms with Crippen LogP contribution in [-0.4, -0.2) is 11.6 Å². The first-order valence-electron chi connectivity index (χ1n) is 5.28. The normalized spacial score (nSPS) is 11.4. The lowest BCUT2D eigenvalue weighted by atomic mass is 10.0. The Morgan fingerprint density at radius 1 is 1.24 bits per heavy atom. The standard InChI is InChI=1S/C13H16N2S.BrH/c1-9-5-6-11(10(2)7-9)12-8-16-13(14-3)15(12)4;/h5-8H,1-4H3;1H. The van der Waals surface area contributed by atoms with Crippen molar-refractivity contribution in [2.45, 2.75) is 13.8 Å². The molecule has 0 fully saturated rings. The van der Waals surface area contributed by atoms with Gasteiger partial charge in [0.05, 0.1) is 5.69 Å². The zero-order chi connectivity index (χ0) is 11.7. The molecule has 4 heteroatoms. The first-order valence-corrected chi connectivity index (χ1v) is 6.16. The van der Waals surface area contributed by atoms with Gasteiger partial charge in [0, 0.05) is 25.0 Å². The Kier molecular flexibility index (Phi) is 4.71. The van der Waals surface area contributed by atoms with Crippen molar-refractivity contribution in [3.63, 3.8) is 0 Å². The Hall–Kier alpha value is -0.870. The Morgan fingerprint density at radius 3 is 2.47 bits per heavy atom. The molecule has 0 aliphatic heterocycles. The van der Waals surface area contributed by atoms with Crippen molar-refractivity contribution < 1.29 is 0 Å². The van der Waals surface area contributed by atoms with Gasteiger partial charge in [0.1, 0.15) is 0 Å². The van der Waals surface area contributed by atoms with Gasteiger partial charge in [-0.15, -0.1) is 28.3 Å². The number of thiazole rings is 1. The molecule has 0 aliphatic rings. The maximum Gasteiger partial charge on any atom is 0.184 e. The molecule has 0 N–H and O–H groups in total. The molecule has 0 saturated heterocycles. The van der Waals surface area contributed by atoms with E-state index in [1.165, 1.54) is 22.4 Å². The van der Waals surface area contributed by atoms with Crippen LogP contribution >= 0.6 is 28.3 Å². The van der Waals surface area contributed by atoms with E-state index in [0.717, 1.165) is 4.80 Å². The molecule has 0 spiro atoms. The molecule has 2 rings (SSSR count). The van der Waals surface area contributed by atoms with Gasteiger partial charge >= 0.3 is 0 Å². The highest BCUT2D eigenvalue weighted by molar-refractivity contribution is 8.93. The highest BCUT2D eigenvalue weighted by Crippen LogP contribution is 2.23. The minimum absolute atomic E-state index is 0. The van der Waals surface area contributed by atoms with Gasteiger partial charge < -0.3 is 4.57 Å². The predicted molar refractivity (Wildman–Crippen MR) is 80.0 cm³/mol. The van der Waals surface area contributed by atoms with Gasteiger partial charge in [0.2, 0.25) is 0 Å². The number of nitrogens with zero attached hydrogens (tertiary/aromatic N) is 2. The van der Waals surface area contributed by atoms with Crippen molar-refractivity contribution in [2.75, 3.05) is 7.05 Å². The quantitative estimate of drug-likeness (QED) is 0.767. The van der Waals surface area contributed by atoms with Gasteiger partial charge in [0.15, 0.2) is 4.80 Å². The van der Waals surface area contributed by atoms with Crippen LogP contribution in [0, 0.1) is 13.8 Å². The van der Waals surface area contributed by atoms with E-state index in [-0.39, 0.29) is 17.0 Å². The summed E-state index contributed by atoms with van der Waals surface area (Å²) in [6, 6.07) is 6.56. The summed E-state index contributed by atoms with van der Waals surface area (Å²) in [5.41, 5.74) is 5.15. The summed E-state index contributed by atoms with van der Waals surface area (Å²) in [5, 5.41) is 2.17. The van der Waals surface area contributed by atoms with E-state index in [2.05, 4.69) is 54.0 Å². The monoisotopic (exact) mass is 312 g/mol. The molecule has 0 amide bonds. The highest BCUT2D eigenvalue weighted by Gasteiger charge is 2.06. The Balaban J connectivity index is 0.00000144. The molecule has 0 bridgehead atoms. The number of aryl methyl sites for hydroxylation is 2. The fraction of sp³-hybridized carbons (Fsp3) is 0.308. The van der Waals surface area contributed by atoms with E-state index >= 15 is 0 Å². The molecule has 0 aliphatic carbocycles. The van der Waals surface area contributed by atoms with Crippen molar-refractivity contribution in [3.05, 3.63) is 39.5 Å². The van der Waals surface area contributed by atoms with E-state index in [0.29, 0.717) is 0 Å². The molecule has 0 atom stereocenters. The van der Waals surface area contributed by atoms with Crippen LogP contribution < -0.4 is 4.80 Å². The fourth-order valence-electron chi connectivity index (χ4n) is 1.92. The Labute approximate surface area is 116 Å². The molecule has 1 heterocycles. The van der Waals surface area contributed by atoms with E-state index in [9.17, 15) is 0 Å². The minimum Gasteiger partial charge on any atom is -0.320 e. The fourth-order valence-corrected chi connectivity index (χ4v) is 2.78. The second-order valence-electron chi connectivity index (χ2n) is 4.00. The topological polar surface area (TPSA) is 17.3 Å². The Bertz CT molecular complexity index is 581. The van der Waals surface area contributed by atoms with Gasteiger partial charge in [-0.25, -0.2) is 0 Å². The van der Waals surface area contributed by atoms with Gasteiger partial charge in [-0.3, -0.25) is 4.99 Å². The number of hydrogen-bond acceptors (Lipinski definition) is 2. The van der Waals surface area contributed by atoms with Gasteiger partial charge in [-0.2, -0.15) is 0 Å². The predicted octanol–water partition coefficient (Wildman–Crippen LogP) is 3.48. The average molecular weight is 313 g/mol. The molecule has 0 unspecified atom stereocenters. The average Bonchev–Trinajstić information content (AvgIpc) is 2.60. The smallest absolute Gasteiger partial charge is 0.184 e. The number of hydrogen-bond donors (Lipinski definition) is 0. The van der Waals surface area contributed by atoms with Crippen LogP contribution in [0.4, 0.5) is 0 Å². The van der Waals surface area contributed by atoms with Crippen molar-refractivity contribution in [1.29, 1.82) is 0 Å². The third-order valence-corrected chi connectivity index (χ3v) is 3.78. The van der Waals surface area contributed by atoms with E-state index < -0.39 is 0 Å². The molecule has 0 saturated carbocycles. The SMILES string of the molecule is Br.CN=c1scc(-c2ccc(C)cc2C)n1C. The maximum absolute atomic E-state index is 4.24. The lowest BCUT2D eigenvalue weighted by molar-refractivity contribution is 0.875. The van der Waals surface area contributed by atoms with Crippen molar-refractivity contribution in [2.24, 2.45) is 12.0 Å². The van der Waals surface area contributed by atoms with Crippen molar-refractivity contribution in [3.8, 4) is 11.3 Å². The molecular weight excluding hydrogens is 296 g/mol. The lowest BCUT2D eigenvalue weighted by Crippen LogP contribution is -2.11. The first kappa shape index (κ1) is 14.2. The van der Waals surface area contributed by atoms with E-state index in [1.807, 2.05) is 7.05 Å².